The predicted octanol–water partition coefficient (Wildman–Crippen LogP) is 6.63. The smallest absolute Gasteiger partial charge is 0.0316 e. The first-order valence-corrected chi connectivity index (χ1v) is 9.88. The van der Waals surface area contributed by atoms with Gasteiger partial charge in [0, 0.05) is 11.6 Å². The van der Waals surface area contributed by atoms with Gasteiger partial charge in [-0.1, -0.05) is 80.3 Å². The monoisotopic (exact) mass is 365 g/mol. The van der Waals surface area contributed by atoms with Crippen molar-refractivity contribution in [3.05, 3.63) is 119 Å². The summed E-state index contributed by atoms with van der Waals surface area (Å²) in [4.78, 5) is 0. The van der Waals surface area contributed by atoms with Crippen molar-refractivity contribution in [1.82, 2.24) is 0 Å². The number of fused-ring (bicyclic) bond motifs is 1. The molecule has 2 aliphatic rings. The van der Waals surface area contributed by atoms with E-state index in [1.807, 2.05) is 12.1 Å². The molecular formula is C27H27N. The molecule has 0 heterocycles. The SMILES string of the molecule is C=C(C1=CC(C)C(C)=C1)C1=CC(Cc2cccc(N)c2)c2ccccc2C1=C. The van der Waals surface area contributed by atoms with Gasteiger partial charge in [-0.3, -0.25) is 0 Å². The second-order valence-electron chi connectivity index (χ2n) is 7.98. The number of rotatable bonds is 4. The first kappa shape index (κ1) is 18.3. The third-order valence-corrected chi connectivity index (χ3v) is 5.99. The molecule has 2 aliphatic carbocycles. The van der Waals surface area contributed by atoms with Gasteiger partial charge in [0.25, 0.3) is 0 Å². The highest BCUT2D eigenvalue weighted by Gasteiger charge is 2.26. The average molecular weight is 366 g/mol. The second-order valence-corrected chi connectivity index (χ2v) is 7.98. The van der Waals surface area contributed by atoms with Gasteiger partial charge in [0.2, 0.25) is 0 Å². The maximum atomic E-state index is 6.01. The number of nitrogens with two attached hydrogens (primary N) is 1. The number of hydrogen-bond donors (Lipinski definition) is 1. The van der Waals surface area contributed by atoms with Gasteiger partial charge in [-0.25, -0.2) is 0 Å². The van der Waals surface area contributed by atoms with Gasteiger partial charge in [-0.2, -0.15) is 0 Å². The van der Waals surface area contributed by atoms with Crippen LogP contribution < -0.4 is 5.73 Å². The largest absolute Gasteiger partial charge is 0.399 e. The van der Waals surface area contributed by atoms with Crippen LogP contribution in [-0.2, 0) is 6.42 Å². The maximum absolute atomic E-state index is 6.01. The lowest BCUT2D eigenvalue weighted by Crippen LogP contribution is -2.11. The molecule has 0 saturated heterocycles. The quantitative estimate of drug-likeness (QED) is 0.605. The lowest BCUT2D eigenvalue weighted by atomic mass is 9.76. The molecule has 2 atom stereocenters. The molecule has 2 unspecified atom stereocenters. The summed E-state index contributed by atoms with van der Waals surface area (Å²) in [7, 11) is 0. The standard InChI is InChI=1S/C27H27N/c1-17-12-22(13-18(17)2)19(3)27-16-23(14-21-8-7-9-24(28)15-21)26-11-6-5-10-25(26)20(27)4/h5-13,15-17,23H,3-4,14,28H2,1-2H3. The van der Waals surface area contributed by atoms with Crippen LogP contribution >= 0.6 is 0 Å². The third kappa shape index (κ3) is 3.29. The van der Waals surface area contributed by atoms with E-state index in [1.165, 1.54) is 27.8 Å². The van der Waals surface area contributed by atoms with E-state index >= 15 is 0 Å². The highest BCUT2D eigenvalue weighted by molar-refractivity contribution is 5.88. The van der Waals surface area contributed by atoms with Crippen molar-refractivity contribution >= 4 is 11.3 Å². The lowest BCUT2D eigenvalue weighted by Gasteiger charge is -2.28. The molecule has 0 spiro atoms. The molecule has 2 aromatic rings. The van der Waals surface area contributed by atoms with Crippen LogP contribution in [0, 0.1) is 5.92 Å². The van der Waals surface area contributed by atoms with Gasteiger partial charge in [-0.05, 0) is 70.4 Å². The van der Waals surface area contributed by atoms with Gasteiger partial charge in [0.15, 0.2) is 0 Å². The Labute approximate surface area is 168 Å². The summed E-state index contributed by atoms with van der Waals surface area (Å²) in [5, 5.41) is 0. The minimum absolute atomic E-state index is 0.278. The highest BCUT2D eigenvalue weighted by atomic mass is 14.5. The van der Waals surface area contributed by atoms with Crippen molar-refractivity contribution in [2.75, 3.05) is 5.73 Å². The zero-order valence-electron chi connectivity index (χ0n) is 16.7. The molecule has 0 aliphatic heterocycles. The van der Waals surface area contributed by atoms with Crippen molar-refractivity contribution in [3.8, 4) is 0 Å². The van der Waals surface area contributed by atoms with Crippen molar-refractivity contribution < 1.29 is 0 Å². The van der Waals surface area contributed by atoms with Crippen LogP contribution in [0.15, 0.2) is 102 Å². The molecule has 2 N–H and O–H groups in total. The zero-order chi connectivity index (χ0) is 19.8. The Morgan fingerprint density at radius 2 is 1.86 bits per heavy atom. The van der Waals surface area contributed by atoms with E-state index in [4.69, 9.17) is 5.73 Å². The summed E-state index contributed by atoms with van der Waals surface area (Å²) in [5.41, 5.74) is 16.5. The van der Waals surface area contributed by atoms with Crippen LogP contribution in [0.1, 0.15) is 36.5 Å². The third-order valence-electron chi connectivity index (χ3n) is 5.99. The van der Waals surface area contributed by atoms with Crippen molar-refractivity contribution in [2.24, 2.45) is 5.92 Å². The van der Waals surface area contributed by atoms with Gasteiger partial charge in [0.1, 0.15) is 0 Å². The van der Waals surface area contributed by atoms with Crippen LogP contribution in [0.5, 0.6) is 0 Å². The molecular weight excluding hydrogens is 338 g/mol. The van der Waals surface area contributed by atoms with Gasteiger partial charge in [0.05, 0.1) is 0 Å². The minimum Gasteiger partial charge on any atom is -0.399 e. The minimum atomic E-state index is 0.278. The Kier molecular flexibility index (Phi) is 4.68. The fourth-order valence-electron chi connectivity index (χ4n) is 4.23. The molecule has 1 heteroatoms. The number of allylic oxidation sites excluding steroid dienone is 8. The Morgan fingerprint density at radius 1 is 1.07 bits per heavy atom. The fraction of sp³-hybridized carbons (Fsp3) is 0.185. The van der Waals surface area contributed by atoms with Gasteiger partial charge >= 0.3 is 0 Å². The average Bonchev–Trinajstić information content (AvgIpc) is 3.02. The summed E-state index contributed by atoms with van der Waals surface area (Å²) >= 11 is 0. The molecule has 0 amide bonds. The number of benzene rings is 2. The van der Waals surface area contributed by atoms with E-state index in [1.54, 1.807) is 0 Å². The van der Waals surface area contributed by atoms with Crippen LogP contribution in [0.3, 0.4) is 0 Å². The normalized spacial score (nSPS) is 20.9. The molecule has 140 valence electrons. The summed E-state index contributed by atoms with van der Waals surface area (Å²) < 4.78 is 0. The zero-order valence-corrected chi connectivity index (χ0v) is 16.7. The van der Waals surface area contributed by atoms with Crippen molar-refractivity contribution in [2.45, 2.75) is 26.2 Å². The molecule has 0 fully saturated rings. The Morgan fingerprint density at radius 3 is 2.57 bits per heavy atom. The van der Waals surface area contributed by atoms with E-state index in [2.05, 4.69) is 81.6 Å². The molecule has 0 radical (unpaired) electrons. The van der Waals surface area contributed by atoms with Gasteiger partial charge in [-0.15, -0.1) is 0 Å². The Bertz CT molecular complexity index is 1060. The van der Waals surface area contributed by atoms with Crippen molar-refractivity contribution in [3.63, 3.8) is 0 Å². The molecule has 0 saturated carbocycles. The Balaban J connectivity index is 1.74. The number of hydrogen-bond acceptors (Lipinski definition) is 1. The molecule has 4 rings (SSSR count). The predicted molar refractivity (Wildman–Crippen MR) is 121 cm³/mol. The first-order valence-electron chi connectivity index (χ1n) is 9.88. The summed E-state index contributed by atoms with van der Waals surface area (Å²) in [5.74, 6) is 0.749. The van der Waals surface area contributed by atoms with E-state index in [9.17, 15) is 0 Å². The summed E-state index contributed by atoms with van der Waals surface area (Å²) in [6.45, 7) is 13.3. The topological polar surface area (TPSA) is 26.0 Å². The molecule has 0 bridgehead atoms. The van der Waals surface area contributed by atoms with Crippen LogP contribution in [0.4, 0.5) is 5.69 Å². The maximum Gasteiger partial charge on any atom is 0.0316 e. The summed E-state index contributed by atoms with van der Waals surface area (Å²) in [6.07, 6.45) is 7.83. The lowest BCUT2D eigenvalue weighted by molar-refractivity contribution is 0.822. The van der Waals surface area contributed by atoms with Crippen LogP contribution in [-0.4, -0.2) is 0 Å². The fourth-order valence-corrected chi connectivity index (χ4v) is 4.23. The molecule has 28 heavy (non-hydrogen) atoms. The molecule has 1 nitrogen and oxygen atoms in total. The Hall–Kier alpha value is -3.06. The highest BCUT2D eigenvalue weighted by Crippen LogP contribution is 2.43. The van der Waals surface area contributed by atoms with E-state index in [0.29, 0.717) is 5.92 Å². The molecule has 0 aromatic heterocycles. The first-order chi connectivity index (χ1) is 13.4. The van der Waals surface area contributed by atoms with E-state index in [-0.39, 0.29) is 5.92 Å². The van der Waals surface area contributed by atoms with Crippen LogP contribution in [0.25, 0.3) is 5.57 Å². The van der Waals surface area contributed by atoms with Crippen LogP contribution in [0.2, 0.25) is 0 Å². The van der Waals surface area contributed by atoms with Crippen molar-refractivity contribution in [1.29, 1.82) is 0 Å². The number of anilines is 1. The van der Waals surface area contributed by atoms with E-state index in [0.717, 1.165) is 28.8 Å². The number of nitrogen functional groups attached to an aromatic ring is 1. The second kappa shape index (κ2) is 7.16. The van der Waals surface area contributed by atoms with E-state index < -0.39 is 0 Å². The summed E-state index contributed by atoms with van der Waals surface area (Å²) in [6, 6.07) is 16.8. The van der Waals surface area contributed by atoms with Gasteiger partial charge < -0.3 is 5.73 Å². The molecule has 2 aromatic carbocycles.